The van der Waals surface area contributed by atoms with Gasteiger partial charge in [-0.2, -0.15) is 0 Å². The summed E-state index contributed by atoms with van der Waals surface area (Å²) in [4.78, 5) is 3.62. The van der Waals surface area contributed by atoms with Crippen molar-refractivity contribution in [3.8, 4) is 0 Å². The number of guanidine groups is 1. The van der Waals surface area contributed by atoms with E-state index in [1.807, 2.05) is 0 Å². The topological polar surface area (TPSA) is 154 Å². The summed E-state index contributed by atoms with van der Waals surface area (Å²) in [6.45, 7) is 0.455. The third-order valence-electron chi connectivity index (χ3n) is 2.65. The lowest BCUT2D eigenvalue weighted by atomic mass is 9.99. The lowest BCUT2D eigenvalue weighted by molar-refractivity contribution is -0.0197. The Morgan fingerprint density at radius 1 is 1.63 bits per heavy atom. The van der Waals surface area contributed by atoms with E-state index in [-0.39, 0.29) is 0 Å². The van der Waals surface area contributed by atoms with Crippen molar-refractivity contribution in [1.82, 2.24) is 10.8 Å². The number of amidine groups is 1. The first-order valence-electron chi connectivity index (χ1n) is 5.34. The van der Waals surface area contributed by atoms with Crippen LogP contribution in [0.4, 0.5) is 4.39 Å². The van der Waals surface area contributed by atoms with Crippen LogP contribution in [0.15, 0.2) is 4.99 Å². The molecule has 0 aromatic carbocycles. The molecule has 9 nitrogen and oxygen atoms in total. The lowest BCUT2D eigenvalue weighted by Crippen LogP contribution is -2.45. The van der Waals surface area contributed by atoms with Gasteiger partial charge in [0.05, 0.1) is 12.8 Å². The van der Waals surface area contributed by atoms with Crippen LogP contribution in [0.5, 0.6) is 0 Å². The van der Waals surface area contributed by atoms with Crippen molar-refractivity contribution in [2.45, 2.75) is 31.0 Å². The molecular formula is C9H16FN5O4. The van der Waals surface area contributed by atoms with Crippen LogP contribution in [0.2, 0.25) is 0 Å². The van der Waals surface area contributed by atoms with Crippen molar-refractivity contribution >= 4 is 18.0 Å². The van der Waals surface area contributed by atoms with Gasteiger partial charge in [0.15, 0.2) is 11.9 Å². The van der Waals surface area contributed by atoms with E-state index in [0.717, 1.165) is 6.92 Å². The van der Waals surface area contributed by atoms with Crippen LogP contribution in [0.25, 0.3) is 0 Å². The Morgan fingerprint density at radius 2 is 2.26 bits per heavy atom. The van der Waals surface area contributed by atoms with Crippen LogP contribution in [-0.2, 0) is 4.74 Å². The molecule has 0 spiro atoms. The summed E-state index contributed by atoms with van der Waals surface area (Å²) < 4.78 is 19.2. The number of hydrogen-bond donors (Lipinski definition) is 7. The molecule has 1 heterocycles. The molecule has 0 bridgehead atoms. The van der Waals surface area contributed by atoms with Crippen molar-refractivity contribution in [3.63, 3.8) is 0 Å². The number of aliphatic imine (C=N–C) groups is 1. The highest BCUT2D eigenvalue weighted by molar-refractivity contribution is 6.30. The zero-order chi connectivity index (χ0) is 14.6. The molecular weight excluding hydrogens is 261 g/mol. The van der Waals surface area contributed by atoms with Gasteiger partial charge in [0.25, 0.3) is 0 Å². The third kappa shape index (κ3) is 3.23. The zero-order valence-corrected chi connectivity index (χ0v) is 10.1. The van der Waals surface area contributed by atoms with E-state index in [1.165, 1.54) is 0 Å². The Kier molecular flexibility index (Phi) is 4.89. The summed E-state index contributed by atoms with van der Waals surface area (Å²) in [6.07, 6.45) is -3.55. The number of nitrogens with zero attached hydrogens (tertiary/aromatic N) is 1. The SMILES string of the molecule is C[C@]1(F)[C@H](N=C(NO)NC(=N)C=N)O[C@H](CO)[C@H]1O. The van der Waals surface area contributed by atoms with Crippen molar-refractivity contribution in [3.05, 3.63) is 0 Å². The molecule has 10 heteroatoms. The summed E-state index contributed by atoms with van der Waals surface area (Å²) in [5.74, 6) is -0.828. The maximum absolute atomic E-state index is 14.2. The molecule has 1 rings (SSSR count). The molecule has 0 unspecified atom stereocenters. The van der Waals surface area contributed by atoms with Crippen molar-refractivity contribution in [2.24, 2.45) is 4.99 Å². The molecule has 1 fully saturated rings. The number of ether oxygens (including phenoxy) is 1. The normalized spacial score (nSPS) is 35.0. The molecule has 4 atom stereocenters. The predicted molar refractivity (Wildman–Crippen MR) is 63.3 cm³/mol. The number of halogens is 1. The Labute approximate surface area is 108 Å². The highest BCUT2D eigenvalue weighted by Crippen LogP contribution is 2.34. The smallest absolute Gasteiger partial charge is 0.223 e. The first-order valence-corrected chi connectivity index (χ1v) is 5.34. The van der Waals surface area contributed by atoms with Crippen molar-refractivity contribution < 1.29 is 24.5 Å². The second-order valence-electron chi connectivity index (χ2n) is 4.08. The predicted octanol–water partition coefficient (Wildman–Crippen LogP) is -1.66. The number of hydrogen-bond acceptors (Lipinski definition) is 7. The summed E-state index contributed by atoms with van der Waals surface area (Å²) in [5, 5.41) is 43.4. The van der Waals surface area contributed by atoms with Gasteiger partial charge in [-0.3, -0.25) is 10.6 Å². The van der Waals surface area contributed by atoms with Gasteiger partial charge >= 0.3 is 0 Å². The second-order valence-corrected chi connectivity index (χ2v) is 4.08. The van der Waals surface area contributed by atoms with Crippen LogP contribution in [-0.4, -0.2) is 64.1 Å². The fourth-order valence-electron chi connectivity index (χ4n) is 1.55. The van der Waals surface area contributed by atoms with Gasteiger partial charge < -0.3 is 25.7 Å². The van der Waals surface area contributed by atoms with Gasteiger partial charge in [-0.05, 0) is 6.92 Å². The molecule has 1 aliphatic rings. The molecule has 0 aliphatic carbocycles. The van der Waals surface area contributed by atoms with E-state index in [2.05, 4.69) is 10.3 Å². The van der Waals surface area contributed by atoms with Crippen LogP contribution in [0.1, 0.15) is 6.92 Å². The van der Waals surface area contributed by atoms with Gasteiger partial charge in [0, 0.05) is 0 Å². The third-order valence-corrected chi connectivity index (χ3v) is 2.65. The van der Waals surface area contributed by atoms with E-state index in [1.54, 1.807) is 5.48 Å². The number of aliphatic hydroxyl groups excluding tert-OH is 2. The maximum atomic E-state index is 14.2. The zero-order valence-electron chi connectivity index (χ0n) is 10.1. The molecule has 7 N–H and O–H groups in total. The summed E-state index contributed by atoms with van der Waals surface area (Å²) in [7, 11) is 0. The van der Waals surface area contributed by atoms with Gasteiger partial charge in [-0.1, -0.05) is 0 Å². The standard InChI is InChI=1S/C9H16FN5O4/c1-9(10)6(17)4(3-16)19-7(9)14-8(15-18)13-5(12)2-11/h2,4,6-7,11,16-18H,3H2,1H3,(H3,12,13,14,15)/t4-,6-,7-,9-/m1/s1. The largest absolute Gasteiger partial charge is 0.394 e. The fourth-order valence-corrected chi connectivity index (χ4v) is 1.55. The van der Waals surface area contributed by atoms with Crippen LogP contribution >= 0.6 is 0 Å². The average molecular weight is 277 g/mol. The Morgan fingerprint density at radius 3 is 2.68 bits per heavy atom. The molecule has 0 aromatic rings. The summed E-state index contributed by atoms with van der Waals surface area (Å²) in [6, 6.07) is 0. The van der Waals surface area contributed by atoms with Crippen LogP contribution < -0.4 is 10.8 Å². The van der Waals surface area contributed by atoms with E-state index in [0.29, 0.717) is 6.21 Å². The van der Waals surface area contributed by atoms with E-state index < -0.39 is 42.5 Å². The molecule has 1 saturated heterocycles. The van der Waals surface area contributed by atoms with E-state index >= 15 is 0 Å². The van der Waals surface area contributed by atoms with Crippen LogP contribution in [0.3, 0.4) is 0 Å². The Hall–Kier alpha value is -1.62. The van der Waals surface area contributed by atoms with Crippen molar-refractivity contribution in [1.29, 1.82) is 10.8 Å². The number of hydroxylamine groups is 1. The molecule has 1 aliphatic heterocycles. The first kappa shape index (κ1) is 15.4. The average Bonchev–Trinajstić information content (AvgIpc) is 2.60. The lowest BCUT2D eigenvalue weighted by Gasteiger charge is -2.21. The van der Waals surface area contributed by atoms with Crippen molar-refractivity contribution in [2.75, 3.05) is 6.61 Å². The molecule has 0 radical (unpaired) electrons. The minimum absolute atomic E-state index is 0.405. The van der Waals surface area contributed by atoms with Gasteiger partial charge in [0.2, 0.25) is 5.96 Å². The molecule has 0 aromatic heterocycles. The maximum Gasteiger partial charge on any atom is 0.223 e. The van der Waals surface area contributed by atoms with E-state index in [4.69, 9.17) is 25.9 Å². The van der Waals surface area contributed by atoms with E-state index in [9.17, 15) is 9.50 Å². The number of aliphatic hydroxyl groups is 2. The molecule has 0 saturated carbocycles. The Bertz CT molecular complexity index is 389. The second kappa shape index (κ2) is 6.02. The molecule has 108 valence electrons. The monoisotopic (exact) mass is 277 g/mol. The van der Waals surface area contributed by atoms with Crippen LogP contribution in [0, 0.1) is 10.8 Å². The minimum Gasteiger partial charge on any atom is -0.394 e. The first-order chi connectivity index (χ1) is 8.86. The minimum atomic E-state index is -2.27. The van der Waals surface area contributed by atoms with Gasteiger partial charge in [-0.15, -0.1) is 0 Å². The quantitative estimate of drug-likeness (QED) is 0.186. The summed E-state index contributed by atoms with van der Waals surface area (Å²) >= 11 is 0. The number of rotatable bonds is 3. The number of alkyl halides is 1. The fraction of sp³-hybridized carbons (Fsp3) is 0.667. The highest BCUT2D eigenvalue weighted by atomic mass is 19.1. The molecule has 0 amide bonds. The van der Waals surface area contributed by atoms with Gasteiger partial charge in [0.1, 0.15) is 18.0 Å². The number of nitrogens with one attached hydrogen (secondary N) is 4. The molecule has 19 heavy (non-hydrogen) atoms. The summed E-state index contributed by atoms with van der Waals surface area (Å²) in [5.41, 5.74) is -0.690. The van der Waals surface area contributed by atoms with Gasteiger partial charge in [-0.25, -0.2) is 14.9 Å². The Balaban J connectivity index is 2.89. The highest BCUT2D eigenvalue weighted by Gasteiger charge is 2.54.